The molecular weight excluding hydrogens is 262 g/mol. The van der Waals surface area contributed by atoms with Gasteiger partial charge in [0.25, 0.3) is 0 Å². The van der Waals surface area contributed by atoms with Gasteiger partial charge in [-0.25, -0.2) is 0 Å². The number of aryl methyl sites for hydroxylation is 1. The summed E-state index contributed by atoms with van der Waals surface area (Å²) in [6.07, 6.45) is 1.08. The standard InChI is InChI=1S/C18H23NO2/c1-12-6-9-17(15(10-12)18(3,4)5)21-14-7-8-16(13(2)20)19-11-14/h6-11,13,20H,1-5H3/t13-/m1/s1. The molecule has 1 atom stereocenters. The summed E-state index contributed by atoms with van der Waals surface area (Å²) < 4.78 is 5.98. The Hall–Kier alpha value is -1.87. The van der Waals surface area contributed by atoms with E-state index >= 15 is 0 Å². The number of benzene rings is 1. The minimum atomic E-state index is -0.566. The molecule has 0 radical (unpaired) electrons. The quantitative estimate of drug-likeness (QED) is 0.900. The number of aliphatic hydroxyl groups excluding tert-OH is 1. The molecule has 0 saturated carbocycles. The van der Waals surface area contributed by atoms with Gasteiger partial charge in [0.05, 0.1) is 18.0 Å². The summed E-state index contributed by atoms with van der Waals surface area (Å²) >= 11 is 0. The van der Waals surface area contributed by atoms with Crippen LogP contribution in [0.3, 0.4) is 0 Å². The normalized spacial score (nSPS) is 13.0. The van der Waals surface area contributed by atoms with Crippen molar-refractivity contribution in [1.29, 1.82) is 0 Å². The Balaban J connectivity index is 2.31. The van der Waals surface area contributed by atoms with E-state index in [9.17, 15) is 5.11 Å². The Morgan fingerprint density at radius 1 is 1.14 bits per heavy atom. The van der Waals surface area contributed by atoms with E-state index in [1.165, 1.54) is 11.1 Å². The van der Waals surface area contributed by atoms with Crippen molar-refractivity contribution in [3.8, 4) is 11.5 Å². The second-order valence-electron chi connectivity index (χ2n) is 6.45. The van der Waals surface area contributed by atoms with Crippen LogP contribution < -0.4 is 4.74 Å². The fourth-order valence-electron chi connectivity index (χ4n) is 2.15. The first-order valence-electron chi connectivity index (χ1n) is 7.20. The Kier molecular flexibility index (Phi) is 4.33. The molecule has 1 aromatic carbocycles. The molecule has 1 N–H and O–H groups in total. The average molecular weight is 285 g/mol. The highest BCUT2D eigenvalue weighted by molar-refractivity contribution is 5.43. The van der Waals surface area contributed by atoms with Crippen LogP contribution in [-0.2, 0) is 5.41 Å². The number of aromatic nitrogens is 1. The van der Waals surface area contributed by atoms with Crippen LogP contribution in [0.15, 0.2) is 36.5 Å². The molecular formula is C18H23NO2. The first-order chi connectivity index (χ1) is 9.77. The van der Waals surface area contributed by atoms with Gasteiger partial charge in [-0.1, -0.05) is 38.5 Å². The molecule has 0 aliphatic carbocycles. The monoisotopic (exact) mass is 285 g/mol. The molecule has 0 bridgehead atoms. The van der Waals surface area contributed by atoms with Crippen molar-refractivity contribution in [2.45, 2.75) is 46.1 Å². The molecule has 3 nitrogen and oxygen atoms in total. The van der Waals surface area contributed by atoms with Crippen LogP contribution in [0.2, 0.25) is 0 Å². The topological polar surface area (TPSA) is 42.4 Å². The van der Waals surface area contributed by atoms with E-state index in [4.69, 9.17) is 4.74 Å². The third kappa shape index (κ3) is 3.82. The summed E-state index contributed by atoms with van der Waals surface area (Å²) in [5.41, 5.74) is 3.04. The third-order valence-corrected chi connectivity index (χ3v) is 3.36. The van der Waals surface area contributed by atoms with Gasteiger partial charge in [-0.2, -0.15) is 0 Å². The van der Waals surface area contributed by atoms with Gasteiger partial charge in [0.15, 0.2) is 0 Å². The molecule has 0 amide bonds. The van der Waals surface area contributed by atoms with E-state index < -0.39 is 6.10 Å². The number of rotatable bonds is 3. The molecule has 2 rings (SSSR count). The maximum atomic E-state index is 9.48. The number of pyridine rings is 1. The molecule has 0 aliphatic heterocycles. The number of hydrogen-bond acceptors (Lipinski definition) is 3. The largest absolute Gasteiger partial charge is 0.455 e. The summed E-state index contributed by atoms with van der Waals surface area (Å²) in [6, 6.07) is 9.82. The van der Waals surface area contributed by atoms with Crippen molar-refractivity contribution in [2.24, 2.45) is 0 Å². The minimum Gasteiger partial charge on any atom is -0.455 e. The van der Waals surface area contributed by atoms with E-state index in [1.54, 1.807) is 19.2 Å². The number of nitrogens with zero attached hydrogens (tertiary/aromatic N) is 1. The molecule has 0 fully saturated rings. The SMILES string of the molecule is Cc1ccc(Oc2ccc([C@@H](C)O)nc2)c(C(C)(C)C)c1. The Labute approximate surface area is 126 Å². The van der Waals surface area contributed by atoms with E-state index in [-0.39, 0.29) is 5.41 Å². The van der Waals surface area contributed by atoms with Crippen LogP contribution in [-0.4, -0.2) is 10.1 Å². The van der Waals surface area contributed by atoms with E-state index in [0.717, 1.165) is 5.75 Å². The maximum absolute atomic E-state index is 9.48. The lowest BCUT2D eigenvalue weighted by molar-refractivity contribution is 0.194. The lowest BCUT2D eigenvalue weighted by Gasteiger charge is -2.23. The van der Waals surface area contributed by atoms with Crippen molar-refractivity contribution < 1.29 is 9.84 Å². The fraction of sp³-hybridized carbons (Fsp3) is 0.389. The molecule has 1 aromatic heterocycles. The molecule has 3 heteroatoms. The summed E-state index contributed by atoms with van der Waals surface area (Å²) in [7, 11) is 0. The van der Waals surface area contributed by atoms with Gasteiger partial charge < -0.3 is 9.84 Å². The zero-order valence-electron chi connectivity index (χ0n) is 13.3. The van der Waals surface area contributed by atoms with Crippen LogP contribution in [0.1, 0.15) is 50.6 Å². The number of ether oxygens (including phenoxy) is 1. The molecule has 0 aliphatic rings. The van der Waals surface area contributed by atoms with Crippen molar-refractivity contribution in [3.05, 3.63) is 53.3 Å². The van der Waals surface area contributed by atoms with E-state index in [2.05, 4.69) is 38.7 Å². The molecule has 0 saturated heterocycles. The van der Waals surface area contributed by atoms with Crippen LogP contribution in [0.5, 0.6) is 11.5 Å². The van der Waals surface area contributed by atoms with Crippen LogP contribution >= 0.6 is 0 Å². The second-order valence-corrected chi connectivity index (χ2v) is 6.45. The molecule has 21 heavy (non-hydrogen) atoms. The molecule has 2 aromatic rings. The summed E-state index contributed by atoms with van der Waals surface area (Å²) in [4.78, 5) is 4.21. The highest BCUT2D eigenvalue weighted by Gasteiger charge is 2.19. The predicted molar refractivity (Wildman–Crippen MR) is 84.8 cm³/mol. The van der Waals surface area contributed by atoms with Crippen molar-refractivity contribution >= 4 is 0 Å². The fourth-order valence-corrected chi connectivity index (χ4v) is 2.15. The van der Waals surface area contributed by atoms with Crippen LogP contribution in [0, 0.1) is 6.92 Å². The van der Waals surface area contributed by atoms with Gasteiger partial charge in [-0.05, 0) is 37.5 Å². The van der Waals surface area contributed by atoms with Crippen molar-refractivity contribution in [1.82, 2.24) is 4.98 Å². The Bertz CT molecular complexity index is 610. The van der Waals surface area contributed by atoms with E-state index in [1.807, 2.05) is 18.2 Å². The summed E-state index contributed by atoms with van der Waals surface area (Å²) in [6.45, 7) is 10.3. The van der Waals surface area contributed by atoms with E-state index in [0.29, 0.717) is 11.4 Å². The van der Waals surface area contributed by atoms with Crippen LogP contribution in [0.25, 0.3) is 0 Å². The number of hydrogen-bond donors (Lipinski definition) is 1. The smallest absolute Gasteiger partial charge is 0.145 e. The molecule has 0 spiro atoms. The summed E-state index contributed by atoms with van der Waals surface area (Å²) in [5.74, 6) is 1.52. The minimum absolute atomic E-state index is 0.00827. The lowest BCUT2D eigenvalue weighted by atomic mass is 9.85. The van der Waals surface area contributed by atoms with Gasteiger partial charge in [0.2, 0.25) is 0 Å². The maximum Gasteiger partial charge on any atom is 0.145 e. The Morgan fingerprint density at radius 3 is 2.38 bits per heavy atom. The van der Waals surface area contributed by atoms with Gasteiger partial charge >= 0.3 is 0 Å². The van der Waals surface area contributed by atoms with Gasteiger partial charge in [0, 0.05) is 5.56 Å². The third-order valence-electron chi connectivity index (χ3n) is 3.36. The Morgan fingerprint density at radius 2 is 1.86 bits per heavy atom. The van der Waals surface area contributed by atoms with Gasteiger partial charge in [-0.3, -0.25) is 4.98 Å². The highest BCUT2D eigenvalue weighted by atomic mass is 16.5. The molecule has 1 heterocycles. The van der Waals surface area contributed by atoms with Crippen molar-refractivity contribution in [2.75, 3.05) is 0 Å². The zero-order chi connectivity index (χ0) is 15.6. The van der Waals surface area contributed by atoms with Gasteiger partial charge in [-0.15, -0.1) is 0 Å². The molecule has 0 unspecified atom stereocenters. The average Bonchev–Trinajstić information content (AvgIpc) is 2.40. The summed E-state index contributed by atoms with van der Waals surface area (Å²) in [5, 5.41) is 9.48. The van der Waals surface area contributed by atoms with Gasteiger partial charge in [0.1, 0.15) is 11.5 Å². The molecule has 112 valence electrons. The first-order valence-corrected chi connectivity index (χ1v) is 7.20. The number of aliphatic hydroxyl groups is 1. The van der Waals surface area contributed by atoms with Crippen molar-refractivity contribution in [3.63, 3.8) is 0 Å². The lowest BCUT2D eigenvalue weighted by Crippen LogP contribution is -2.12. The predicted octanol–water partition coefficient (Wildman–Crippen LogP) is 4.53. The zero-order valence-corrected chi connectivity index (χ0v) is 13.3. The van der Waals surface area contributed by atoms with Crippen LogP contribution in [0.4, 0.5) is 0 Å². The highest BCUT2D eigenvalue weighted by Crippen LogP contribution is 2.34. The second kappa shape index (κ2) is 5.86. The first kappa shape index (κ1) is 15.5.